The third kappa shape index (κ3) is 8.15. The van der Waals surface area contributed by atoms with Gasteiger partial charge in [-0.1, -0.05) is 66.3 Å². The number of carbonyl (C=O) groups is 2. The molecule has 0 heterocycles. The number of amides is 2. The molecular weight excluding hydrogens is 568 g/mol. The van der Waals surface area contributed by atoms with Gasteiger partial charge in [0.1, 0.15) is 12.6 Å². The van der Waals surface area contributed by atoms with Gasteiger partial charge in [-0.05, 0) is 55.7 Å². The van der Waals surface area contributed by atoms with Crippen molar-refractivity contribution >= 4 is 73.9 Å². The Morgan fingerprint density at radius 1 is 0.944 bits per heavy atom. The summed E-state index contributed by atoms with van der Waals surface area (Å²) in [6.07, 6.45) is 1.97. The van der Waals surface area contributed by atoms with Crippen LogP contribution in [0.15, 0.2) is 36.4 Å². The first-order chi connectivity index (χ1) is 16.8. The van der Waals surface area contributed by atoms with Gasteiger partial charge >= 0.3 is 0 Å². The lowest BCUT2D eigenvalue weighted by atomic mass is 10.1. The number of anilines is 1. The Morgan fingerprint density at radius 3 is 2.03 bits per heavy atom. The fraction of sp³-hybridized carbons (Fsp3) is 0.417. The summed E-state index contributed by atoms with van der Waals surface area (Å²) in [6.45, 7) is 4.95. The van der Waals surface area contributed by atoms with Crippen LogP contribution in [0, 0.1) is 0 Å². The monoisotopic (exact) mass is 595 g/mol. The molecule has 0 aromatic heterocycles. The van der Waals surface area contributed by atoms with E-state index in [1.54, 1.807) is 19.1 Å². The minimum atomic E-state index is -3.93. The van der Waals surface area contributed by atoms with Crippen LogP contribution in [0.25, 0.3) is 0 Å². The van der Waals surface area contributed by atoms with Gasteiger partial charge in [0.2, 0.25) is 21.8 Å². The summed E-state index contributed by atoms with van der Waals surface area (Å²) in [6, 6.07) is 8.13. The highest BCUT2D eigenvalue weighted by Crippen LogP contribution is 2.31. The van der Waals surface area contributed by atoms with Gasteiger partial charge in [-0.15, -0.1) is 0 Å². The van der Waals surface area contributed by atoms with Crippen LogP contribution >= 0.6 is 46.4 Å². The van der Waals surface area contributed by atoms with E-state index < -0.39 is 28.5 Å². The van der Waals surface area contributed by atoms with Crippen LogP contribution in [0.1, 0.15) is 39.2 Å². The van der Waals surface area contributed by atoms with Crippen LogP contribution < -0.4 is 9.62 Å². The third-order valence-electron chi connectivity index (χ3n) is 5.60. The van der Waals surface area contributed by atoms with Crippen molar-refractivity contribution in [2.75, 3.05) is 17.1 Å². The zero-order chi connectivity index (χ0) is 27.2. The van der Waals surface area contributed by atoms with E-state index in [0.29, 0.717) is 33.5 Å². The normalized spacial score (nSPS) is 13.1. The zero-order valence-corrected chi connectivity index (χ0v) is 24.2. The van der Waals surface area contributed by atoms with E-state index in [2.05, 4.69) is 5.32 Å². The van der Waals surface area contributed by atoms with Crippen molar-refractivity contribution in [1.29, 1.82) is 0 Å². The molecule has 0 aliphatic carbocycles. The van der Waals surface area contributed by atoms with E-state index in [4.69, 9.17) is 46.4 Å². The maximum absolute atomic E-state index is 13.7. The van der Waals surface area contributed by atoms with Gasteiger partial charge in [-0.25, -0.2) is 8.42 Å². The van der Waals surface area contributed by atoms with E-state index in [-0.39, 0.29) is 29.2 Å². The van der Waals surface area contributed by atoms with Crippen molar-refractivity contribution in [3.8, 4) is 0 Å². The molecular formula is C24H29Cl4N3O4S. The first kappa shape index (κ1) is 30.5. The lowest BCUT2D eigenvalue weighted by Crippen LogP contribution is -2.53. The third-order valence-corrected chi connectivity index (χ3v) is 7.85. The largest absolute Gasteiger partial charge is 0.352 e. The maximum atomic E-state index is 13.7. The summed E-state index contributed by atoms with van der Waals surface area (Å²) < 4.78 is 26.3. The number of carbonyl (C=O) groups excluding carboxylic acids is 2. The fourth-order valence-corrected chi connectivity index (χ4v) is 5.36. The Balaban J connectivity index is 2.51. The molecule has 0 saturated carbocycles. The minimum Gasteiger partial charge on any atom is -0.352 e. The molecule has 0 fully saturated rings. The molecule has 2 rings (SSSR count). The molecule has 0 aliphatic rings. The van der Waals surface area contributed by atoms with Gasteiger partial charge in [0.15, 0.2) is 0 Å². The van der Waals surface area contributed by atoms with Gasteiger partial charge in [-0.2, -0.15) is 0 Å². The lowest BCUT2D eigenvalue weighted by Gasteiger charge is -2.33. The zero-order valence-electron chi connectivity index (χ0n) is 20.4. The fourth-order valence-electron chi connectivity index (χ4n) is 3.47. The number of benzene rings is 2. The number of hydrogen-bond donors (Lipinski definition) is 1. The quantitative estimate of drug-likeness (QED) is 0.356. The predicted molar refractivity (Wildman–Crippen MR) is 148 cm³/mol. The smallest absolute Gasteiger partial charge is 0.244 e. The highest BCUT2D eigenvalue weighted by atomic mass is 35.5. The molecule has 2 atom stereocenters. The highest BCUT2D eigenvalue weighted by Gasteiger charge is 2.33. The Labute approximate surface area is 232 Å². The number of nitrogens with one attached hydrogen (secondary N) is 1. The van der Waals surface area contributed by atoms with Crippen LogP contribution in [0.3, 0.4) is 0 Å². The predicted octanol–water partition coefficient (Wildman–Crippen LogP) is 5.79. The Morgan fingerprint density at radius 2 is 1.53 bits per heavy atom. The summed E-state index contributed by atoms with van der Waals surface area (Å²) in [7, 11) is -3.93. The van der Waals surface area contributed by atoms with Crippen LogP contribution in [0.4, 0.5) is 5.69 Å². The van der Waals surface area contributed by atoms with Crippen molar-refractivity contribution in [2.45, 2.75) is 52.2 Å². The molecule has 7 nitrogen and oxygen atoms in total. The molecule has 1 N–H and O–H groups in total. The second-order valence-corrected chi connectivity index (χ2v) is 12.0. The van der Waals surface area contributed by atoms with Crippen LogP contribution in [0.5, 0.6) is 0 Å². The van der Waals surface area contributed by atoms with Crippen LogP contribution in [0.2, 0.25) is 20.1 Å². The van der Waals surface area contributed by atoms with Crippen molar-refractivity contribution in [2.24, 2.45) is 0 Å². The van der Waals surface area contributed by atoms with E-state index in [9.17, 15) is 18.0 Å². The van der Waals surface area contributed by atoms with Crippen LogP contribution in [-0.4, -0.2) is 50.0 Å². The number of rotatable bonds is 11. The van der Waals surface area contributed by atoms with Gasteiger partial charge in [0.25, 0.3) is 0 Å². The first-order valence-corrected chi connectivity index (χ1v) is 14.6. The van der Waals surface area contributed by atoms with E-state index in [1.165, 1.54) is 29.2 Å². The Kier molecular flexibility index (Phi) is 11.2. The number of halogens is 4. The number of sulfonamides is 1. The molecule has 0 aliphatic heterocycles. The molecule has 36 heavy (non-hydrogen) atoms. The molecule has 2 aromatic rings. The second kappa shape index (κ2) is 13.2. The molecule has 2 amide bonds. The highest BCUT2D eigenvalue weighted by molar-refractivity contribution is 7.92. The number of hydrogen-bond acceptors (Lipinski definition) is 4. The van der Waals surface area contributed by atoms with Crippen LogP contribution in [-0.2, 0) is 26.2 Å². The molecule has 12 heteroatoms. The topological polar surface area (TPSA) is 86.8 Å². The minimum absolute atomic E-state index is 0.0345. The summed E-state index contributed by atoms with van der Waals surface area (Å²) in [5.41, 5.74) is 0.651. The van der Waals surface area contributed by atoms with Gasteiger partial charge in [0.05, 0.1) is 17.0 Å². The van der Waals surface area contributed by atoms with Crippen molar-refractivity contribution < 1.29 is 18.0 Å². The SMILES string of the molecule is CC[C@@H](C)NC(=O)[C@H](CC)N(Cc1ccc(Cl)cc1Cl)C(=O)CN(c1ccc(Cl)cc1Cl)S(C)(=O)=O. The van der Waals surface area contributed by atoms with Crippen molar-refractivity contribution in [3.05, 3.63) is 62.1 Å². The maximum Gasteiger partial charge on any atom is 0.244 e. The van der Waals surface area contributed by atoms with Crippen molar-refractivity contribution in [3.63, 3.8) is 0 Å². The molecule has 0 radical (unpaired) electrons. The second-order valence-electron chi connectivity index (χ2n) is 8.36. The summed E-state index contributed by atoms with van der Waals surface area (Å²) in [4.78, 5) is 28.2. The average Bonchev–Trinajstić information content (AvgIpc) is 2.78. The molecule has 0 saturated heterocycles. The van der Waals surface area contributed by atoms with E-state index in [0.717, 1.165) is 10.6 Å². The van der Waals surface area contributed by atoms with E-state index >= 15 is 0 Å². The summed E-state index contributed by atoms with van der Waals surface area (Å²) >= 11 is 24.6. The Hall–Kier alpha value is -1.71. The first-order valence-electron chi connectivity index (χ1n) is 11.2. The van der Waals surface area contributed by atoms with Crippen molar-refractivity contribution in [1.82, 2.24) is 10.2 Å². The molecule has 2 aromatic carbocycles. The summed E-state index contributed by atoms with van der Waals surface area (Å²) in [5, 5.41) is 4.02. The van der Waals surface area contributed by atoms with Gasteiger partial charge in [-0.3, -0.25) is 13.9 Å². The summed E-state index contributed by atoms with van der Waals surface area (Å²) in [5.74, 6) is -0.954. The lowest BCUT2D eigenvalue weighted by molar-refractivity contribution is -0.140. The molecule has 198 valence electrons. The molecule has 0 unspecified atom stereocenters. The van der Waals surface area contributed by atoms with Gasteiger partial charge < -0.3 is 10.2 Å². The average molecular weight is 597 g/mol. The molecule has 0 spiro atoms. The van der Waals surface area contributed by atoms with E-state index in [1.807, 2.05) is 13.8 Å². The molecule has 0 bridgehead atoms. The standard InChI is InChI=1S/C24H29Cl4N3O4S/c1-5-15(3)29-24(33)21(6-2)30(13-16-7-8-17(25)11-19(16)27)23(32)14-31(36(4,34)35)22-10-9-18(26)12-20(22)28/h7-12,15,21H,5-6,13-14H2,1-4H3,(H,29,33)/t15-,21+/m1/s1. The Bertz CT molecular complexity index is 1210. The number of nitrogens with zero attached hydrogens (tertiary/aromatic N) is 2. The van der Waals surface area contributed by atoms with Gasteiger partial charge in [0, 0.05) is 27.7 Å².